The minimum atomic E-state index is -2.63. The lowest BCUT2D eigenvalue weighted by Crippen LogP contribution is -2.46. The van der Waals surface area contributed by atoms with Crippen molar-refractivity contribution < 1.29 is 13.3 Å². The van der Waals surface area contributed by atoms with Crippen molar-refractivity contribution in [2.24, 2.45) is 0 Å². The van der Waals surface area contributed by atoms with Crippen molar-refractivity contribution in [1.29, 1.82) is 0 Å². The second-order valence-electron chi connectivity index (χ2n) is 4.53. The fourth-order valence-corrected chi connectivity index (χ4v) is 4.81. The van der Waals surface area contributed by atoms with Crippen LogP contribution >= 0.6 is 0 Å². The summed E-state index contributed by atoms with van der Waals surface area (Å²) in [6.07, 6.45) is 0. The lowest BCUT2D eigenvalue weighted by Gasteiger charge is -2.28. The molecule has 2 aromatic rings. The lowest BCUT2D eigenvalue weighted by molar-refractivity contribution is 0.0700. The molecule has 0 aliphatic heterocycles. The fraction of sp³-hybridized carbons (Fsp3) is 0.571. The molecule has 0 N–H and O–H groups in total. The van der Waals surface area contributed by atoms with Gasteiger partial charge in [-0.25, -0.2) is 4.68 Å². The van der Waals surface area contributed by atoms with Crippen LogP contribution in [0.25, 0.3) is 11.0 Å². The zero-order chi connectivity index (χ0) is 15.1. The van der Waals surface area contributed by atoms with Crippen LogP contribution in [0.2, 0.25) is 6.04 Å². The summed E-state index contributed by atoms with van der Waals surface area (Å²) in [7, 11) is -2.63. The van der Waals surface area contributed by atoms with Crippen LogP contribution in [0.1, 0.15) is 20.8 Å². The van der Waals surface area contributed by atoms with Crippen LogP contribution in [0.15, 0.2) is 24.3 Å². The number of para-hydroxylation sites is 1. The van der Waals surface area contributed by atoms with Gasteiger partial charge in [0.15, 0.2) is 0 Å². The lowest BCUT2D eigenvalue weighted by atomic mass is 10.3. The number of aryl methyl sites for hydroxylation is 1. The predicted molar refractivity (Wildman–Crippen MR) is 83.0 cm³/mol. The van der Waals surface area contributed by atoms with Crippen molar-refractivity contribution in [2.45, 2.75) is 33.4 Å². The van der Waals surface area contributed by atoms with Crippen LogP contribution in [0.4, 0.5) is 0 Å². The van der Waals surface area contributed by atoms with Gasteiger partial charge < -0.3 is 13.3 Å². The summed E-state index contributed by atoms with van der Waals surface area (Å²) in [5.74, 6) is 0. The molecule has 0 saturated carbocycles. The van der Waals surface area contributed by atoms with E-state index in [1.165, 1.54) is 0 Å². The number of rotatable bonds is 9. The van der Waals surface area contributed by atoms with E-state index < -0.39 is 8.80 Å². The molecule has 0 radical (unpaired) electrons. The molecule has 7 heteroatoms. The monoisotopic (exact) mass is 309 g/mol. The van der Waals surface area contributed by atoms with Crippen molar-refractivity contribution in [3.05, 3.63) is 24.3 Å². The van der Waals surface area contributed by atoms with Crippen molar-refractivity contribution in [2.75, 3.05) is 19.8 Å². The molecule has 0 aliphatic carbocycles. The van der Waals surface area contributed by atoms with E-state index in [1.807, 2.05) is 49.7 Å². The van der Waals surface area contributed by atoms with Gasteiger partial charge in [0.25, 0.3) is 0 Å². The van der Waals surface area contributed by atoms with E-state index in [9.17, 15) is 0 Å². The second kappa shape index (κ2) is 7.65. The van der Waals surface area contributed by atoms with E-state index in [0.717, 1.165) is 11.0 Å². The van der Waals surface area contributed by atoms with Gasteiger partial charge in [-0.05, 0) is 32.9 Å². The summed E-state index contributed by atoms with van der Waals surface area (Å²) in [4.78, 5) is 0. The zero-order valence-corrected chi connectivity index (χ0v) is 13.9. The third-order valence-electron chi connectivity index (χ3n) is 3.14. The topological polar surface area (TPSA) is 58.4 Å². The highest BCUT2D eigenvalue weighted by Crippen LogP contribution is 2.19. The minimum absolute atomic E-state index is 0.588. The molecule has 1 aromatic carbocycles. The summed E-state index contributed by atoms with van der Waals surface area (Å²) in [5, 5.41) is 8.36. The molecule has 0 amide bonds. The fourth-order valence-electron chi connectivity index (χ4n) is 2.33. The van der Waals surface area contributed by atoms with Crippen molar-refractivity contribution in [1.82, 2.24) is 15.0 Å². The Morgan fingerprint density at radius 3 is 2.24 bits per heavy atom. The molecule has 2 rings (SSSR count). The average molecular weight is 309 g/mol. The summed E-state index contributed by atoms with van der Waals surface area (Å²) in [5.41, 5.74) is 1.92. The number of hydrogen-bond acceptors (Lipinski definition) is 5. The Bertz CT molecular complexity index is 544. The molecule has 21 heavy (non-hydrogen) atoms. The number of fused-ring (bicyclic) bond motifs is 1. The van der Waals surface area contributed by atoms with Crippen LogP contribution in [0.3, 0.4) is 0 Å². The zero-order valence-electron chi connectivity index (χ0n) is 12.9. The van der Waals surface area contributed by atoms with Crippen LogP contribution in [0, 0.1) is 0 Å². The Kier molecular flexibility index (Phi) is 5.86. The molecule has 0 aliphatic rings. The highest BCUT2D eigenvalue weighted by atomic mass is 28.4. The third-order valence-corrected chi connectivity index (χ3v) is 6.16. The molecule has 0 bridgehead atoms. The standard InChI is InChI=1S/C14H23N3O3Si/c1-4-18-21(19-5-2,20-6-3)12-11-17-14-10-8-7-9-13(14)15-16-17/h7-10H,4-6,11-12H2,1-3H3. The first-order valence-electron chi connectivity index (χ1n) is 7.44. The van der Waals surface area contributed by atoms with Gasteiger partial charge in [-0.1, -0.05) is 17.3 Å². The second-order valence-corrected chi connectivity index (χ2v) is 7.27. The van der Waals surface area contributed by atoms with Crippen LogP contribution in [0.5, 0.6) is 0 Å². The van der Waals surface area contributed by atoms with E-state index in [2.05, 4.69) is 10.3 Å². The molecule has 1 aromatic heterocycles. The van der Waals surface area contributed by atoms with Gasteiger partial charge in [0.2, 0.25) is 0 Å². The van der Waals surface area contributed by atoms with Crippen molar-refractivity contribution in [3.8, 4) is 0 Å². The number of hydrogen-bond donors (Lipinski definition) is 0. The van der Waals surface area contributed by atoms with Gasteiger partial charge in [0, 0.05) is 32.4 Å². The molecule has 116 valence electrons. The van der Waals surface area contributed by atoms with Gasteiger partial charge in [0.1, 0.15) is 5.52 Å². The molecule has 0 unspecified atom stereocenters. The highest BCUT2D eigenvalue weighted by Gasteiger charge is 2.40. The molecular weight excluding hydrogens is 286 g/mol. The summed E-state index contributed by atoms with van der Waals surface area (Å²) < 4.78 is 19.4. The molecule has 1 heterocycles. The van der Waals surface area contributed by atoms with Crippen molar-refractivity contribution in [3.63, 3.8) is 0 Å². The summed E-state index contributed by atoms with van der Waals surface area (Å²) in [6, 6.07) is 8.61. The first-order chi connectivity index (χ1) is 10.2. The Morgan fingerprint density at radius 2 is 1.62 bits per heavy atom. The maximum absolute atomic E-state index is 5.85. The van der Waals surface area contributed by atoms with Crippen LogP contribution in [-0.2, 0) is 19.8 Å². The van der Waals surface area contributed by atoms with E-state index in [-0.39, 0.29) is 0 Å². The molecule has 0 saturated heterocycles. The minimum Gasteiger partial charge on any atom is -0.374 e. The SMILES string of the molecule is CCO[Si](CCn1nnc2ccccc21)(OCC)OCC. The number of benzene rings is 1. The first kappa shape index (κ1) is 16.1. The average Bonchev–Trinajstić information content (AvgIpc) is 2.89. The Hall–Kier alpha value is -1.28. The molecule has 0 atom stereocenters. The first-order valence-corrected chi connectivity index (χ1v) is 9.38. The Labute approximate surface area is 126 Å². The van der Waals surface area contributed by atoms with Gasteiger partial charge in [-0.2, -0.15) is 0 Å². The van der Waals surface area contributed by atoms with Crippen LogP contribution < -0.4 is 0 Å². The van der Waals surface area contributed by atoms with E-state index >= 15 is 0 Å². The summed E-state index contributed by atoms with van der Waals surface area (Å²) >= 11 is 0. The quantitative estimate of drug-likeness (QED) is 0.666. The largest absolute Gasteiger partial charge is 0.502 e. The van der Waals surface area contributed by atoms with Gasteiger partial charge in [-0.15, -0.1) is 5.10 Å². The van der Waals surface area contributed by atoms with E-state index in [4.69, 9.17) is 13.3 Å². The van der Waals surface area contributed by atoms with Gasteiger partial charge >= 0.3 is 8.80 Å². The third kappa shape index (κ3) is 3.88. The maximum Gasteiger partial charge on any atom is 0.502 e. The Balaban J connectivity index is 2.13. The molecular formula is C14H23N3O3Si. The highest BCUT2D eigenvalue weighted by molar-refractivity contribution is 6.60. The van der Waals surface area contributed by atoms with Crippen molar-refractivity contribution >= 4 is 19.8 Å². The van der Waals surface area contributed by atoms with Gasteiger partial charge in [0.05, 0.1) is 5.52 Å². The normalized spacial score (nSPS) is 12.1. The molecule has 0 fully saturated rings. The summed E-state index contributed by atoms with van der Waals surface area (Å²) in [6.45, 7) is 8.33. The smallest absolute Gasteiger partial charge is 0.374 e. The maximum atomic E-state index is 5.85. The molecule has 6 nitrogen and oxygen atoms in total. The number of aromatic nitrogens is 3. The van der Waals surface area contributed by atoms with E-state index in [1.54, 1.807) is 0 Å². The van der Waals surface area contributed by atoms with E-state index in [0.29, 0.717) is 32.4 Å². The van der Waals surface area contributed by atoms with Crippen LogP contribution in [-0.4, -0.2) is 43.6 Å². The predicted octanol–water partition coefficient (Wildman–Crippen LogP) is 2.48. The number of nitrogens with zero attached hydrogens (tertiary/aromatic N) is 3. The Morgan fingerprint density at radius 1 is 1.00 bits per heavy atom. The van der Waals surface area contributed by atoms with Gasteiger partial charge in [-0.3, -0.25) is 0 Å². The molecule has 0 spiro atoms.